The number of nitrogens with zero attached hydrogens (tertiary/aromatic N) is 2. The molecule has 0 bridgehead atoms. The molecule has 1 atom stereocenters. The number of nitrogens with two attached hydrogens (primary N) is 1. The minimum Gasteiger partial charge on any atom is -0.381 e. The highest BCUT2D eigenvalue weighted by atomic mass is 35.5. The van der Waals surface area contributed by atoms with Crippen LogP contribution in [0.3, 0.4) is 0 Å². The zero-order valence-corrected chi connectivity index (χ0v) is 10.3. The quantitative estimate of drug-likeness (QED) is 0.825. The molecule has 0 spiro atoms. The number of carbonyl (C=O) groups excluding carboxylic acids is 1. The molecule has 0 aromatic carbocycles. The molecule has 1 aromatic rings. The van der Waals surface area contributed by atoms with E-state index < -0.39 is 0 Å². The molecule has 1 fully saturated rings. The van der Waals surface area contributed by atoms with Gasteiger partial charge in [0.05, 0.1) is 19.3 Å². The van der Waals surface area contributed by atoms with Crippen LogP contribution in [-0.4, -0.2) is 46.8 Å². The second-order valence-electron chi connectivity index (χ2n) is 3.93. The predicted molar refractivity (Wildman–Crippen MR) is 63.9 cm³/mol. The summed E-state index contributed by atoms with van der Waals surface area (Å²) in [6, 6.07) is 0.0804. The largest absolute Gasteiger partial charge is 0.381 e. The molecule has 7 heteroatoms. The van der Waals surface area contributed by atoms with Crippen molar-refractivity contribution in [2.24, 2.45) is 0 Å². The van der Waals surface area contributed by atoms with E-state index in [2.05, 4.69) is 10.2 Å². The van der Waals surface area contributed by atoms with E-state index in [4.69, 9.17) is 22.1 Å². The lowest BCUT2D eigenvalue weighted by Gasteiger charge is -2.34. The summed E-state index contributed by atoms with van der Waals surface area (Å²) >= 11 is 5.92. The first-order valence-corrected chi connectivity index (χ1v) is 5.91. The number of aromatic nitrogens is 2. The van der Waals surface area contributed by atoms with E-state index in [1.807, 2.05) is 6.92 Å². The number of H-pyrrole nitrogens is 1. The van der Waals surface area contributed by atoms with Crippen LogP contribution in [-0.2, 0) is 4.74 Å². The van der Waals surface area contributed by atoms with Crippen molar-refractivity contribution in [3.63, 3.8) is 0 Å². The van der Waals surface area contributed by atoms with Gasteiger partial charge in [-0.25, -0.2) is 0 Å². The molecule has 0 aliphatic carbocycles. The van der Waals surface area contributed by atoms with Gasteiger partial charge in [0.1, 0.15) is 10.7 Å². The van der Waals surface area contributed by atoms with Crippen molar-refractivity contribution >= 4 is 23.3 Å². The van der Waals surface area contributed by atoms with E-state index in [0.29, 0.717) is 19.8 Å². The van der Waals surface area contributed by atoms with Crippen LogP contribution in [0.5, 0.6) is 0 Å². The summed E-state index contributed by atoms with van der Waals surface area (Å²) in [5.41, 5.74) is 5.76. The number of aromatic amines is 1. The Morgan fingerprint density at radius 2 is 2.53 bits per heavy atom. The molecule has 1 aliphatic rings. The number of morpholine rings is 1. The van der Waals surface area contributed by atoms with Crippen LogP contribution < -0.4 is 5.73 Å². The van der Waals surface area contributed by atoms with Crippen LogP contribution in [0.4, 0.5) is 5.82 Å². The van der Waals surface area contributed by atoms with Gasteiger partial charge in [0.15, 0.2) is 5.82 Å². The summed E-state index contributed by atoms with van der Waals surface area (Å²) in [5, 5.41) is 6.49. The topological polar surface area (TPSA) is 84.2 Å². The summed E-state index contributed by atoms with van der Waals surface area (Å²) in [7, 11) is 0. The third-order valence-electron chi connectivity index (χ3n) is 2.91. The van der Waals surface area contributed by atoms with Gasteiger partial charge in [-0.2, -0.15) is 5.10 Å². The summed E-state index contributed by atoms with van der Waals surface area (Å²) in [5.74, 6) is -0.0225. The van der Waals surface area contributed by atoms with Gasteiger partial charge in [-0.15, -0.1) is 0 Å². The van der Waals surface area contributed by atoms with Gasteiger partial charge in [-0.1, -0.05) is 18.5 Å². The standard InChI is InChI=1S/C10H15ClN4O2/c1-2-6-5-17-4-3-15(6)10(16)8-7(11)9(12)14-13-8/h6H,2-5H2,1H3,(H3,12,13,14)/t6-/m1/s1. The maximum atomic E-state index is 12.3. The first kappa shape index (κ1) is 12.2. The van der Waals surface area contributed by atoms with E-state index >= 15 is 0 Å². The van der Waals surface area contributed by atoms with Gasteiger partial charge in [-0.3, -0.25) is 9.89 Å². The second-order valence-corrected chi connectivity index (χ2v) is 4.31. The molecule has 1 amide bonds. The monoisotopic (exact) mass is 258 g/mol. The SMILES string of the molecule is CC[C@@H]1COCCN1C(=O)c1[nH]nc(N)c1Cl. The number of halogens is 1. The zero-order valence-electron chi connectivity index (χ0n) is 9.57. The van der Waals surface area contributed by atoms with Gasteiger partial charge in [0.25, 0.3) is 5.91 Å². The van der Waals surface area contributed by atoms with Crippen LogP contribution in [0.15, 0.2) is 0 Å². The first-order chi connectivity index (χ1) is 8.15. The highest BCUT2D eigenvalue weighted by molar-refractivity contribution is 6.35. The van der Waals surface area contributed by atoms with Crippen molar-refractivity contribution in [1.82, 2.24) is 15.1 Å². The molecule has 1 aromatic heterocycles. The maximum Gasteiger partial charge on any atom is 0.273 e. The fourth-order valence-corrected chi connectivity index (χ4v) is 2.05. The second kappa shape index (κ2) is 4.93. The number of nitrogens with one attached hydrogen (secondary N) is 1. The summed E-state index contributed by atoms with van der Waals surface area (Å²) in [4.78, 5) is 14.0. The van der Waals surface area contributed by atoms with Gasteiger partial charge < -0.3 is 15.4 Å². The van der Waals surface area contributed by atoms with Crippen molar-refractivity contribution in [2.75, 3.05) is 25.5 Å². The van der Waals surface area contributed by atoms with Crippen LogP contribution in [0.2, 0.25) is 5.02 Å². The molecular formula is C10H15ClN4O2. The van der Waals surface area contributed by atoms with E-state index in [1.165, 1.54) is 0 Å². The Labute approximate surface area is 104 Å². The minimum atomic E-state index is -0.172. The van der Waals surface area contributed by atoms with Gasteiger partial charge in [0, 0.05) is 6.54 Å². The van der Waals surface area contributed by atoms with E-state index in [9.17, 15) is 4.79 Å². The van der Waals surface area contributed by atoms with Crippen LogP contribution in [0.25, 0.3) is 0 Å². The zero-order chi connectivity index (χ0) is 12.4. The van der Waals surface area contributed by atoms with Gasteiger partial charge in [0.2, 0.25) is 0 Å². The minimum absolute atomic E-state index is 0.0804. The number of carbonyl (C=O) groups is 1. The van der Waals surface area contributed by atoms with E-state index in [-0.39, 0.29) is 28.5 Å². The average Bonchev–Trinajstić information content (AvgIpc) is 2.69. The Kier molecular flexibility index (Phi) is 3.54. The van der Waals surface area contributed by atoms with E-state index in [0.717, 1.165) is 6.42 Å². The molecule has 17 heavy (non-hydrogen) atoms. The van der Waals surface area contributed by atoms with Crippen LogP contribution >= 0.6 is 11.6 Å². The Bertz CT molecular complexity index is 420. The lowest BCUT2D eigenvalue weighted by Crippen LogP contribution is -2.48. The number of anilines is 1. The van der Waals surface area contributed by atoms with Crippen molar-refractivity contribution < 1.29 is 9.53 Å². The molecule has 1 saturated heterocycles. The first-order valence-electron chi connectivity index (χ1n) is 5.53. The smallest absolute Gasteiger partial charge is 0.273 e. The number of hydrogen-bond donors (Lipinski definition) is 2. The fourth-order valence-electron chi connectivity index (χ4n) is 1.89. The number of amides is 1. The van der Waals surface area contributed by atoms with Crippen LogP contribution in [0.1, 0.15) is 23.8 Å². The third-order valence-corrected chi connectivity index (χ3v) is 3.29. The molecule has 2 heterocycles. The lowest BCUT2D eigenvalue weighted by atomic mass is 10.1. The molecular weight excluding hydrogens is 244 g/mol. The number of nitrogen functional groups attached to an aromatic ring is 1. The van der Waals surface area contributed by atoms with Crippen molar-refractivity contribution in [3.05, 3.63) is 10.7 Å². The van der Waals surface area contributed by atoms with E-state index in [1.54, 1.807) is 4.90 Å². The Balaban J connectivity index is 2.21. The summed E-state index contributed by atoms with van der Waals surface area (Å²) in [6.07, 6.45) is 0.840. The molecule has 2 rings (SSSR count). The highest BCUT2D eigenvalue weighted by Crippen LogP contribution is 2.23. The highest BCUT2D eigenvalue weighted by Gasteiger charge is 2.29. The fraction of sp³-hybridized carbons (Fsp3) is 0.600. The Hall–Kier alpha value is -1.27. The molecule has 0 unspecified atom stereocenters. The molecule has 0 saturated carbocycles. The molecule has 0 radical (unpaired) electrons. The molecule has 3 N–H and O–H groups in total. The van der Waals surface area contributed by atoms with Gasteiger partial charge >= 0.3 is 0 Å². The van der Waals surface area contributed by atoms with Crippen molar-refractivity contribution in [3.8, 4) is 0 Å². The molecule has 1 aliphatic heterocycles. The normalized spacial score (nSPS) is 20.6. The maximum absolute atomic E-state index is 12.3. The average molecular weight is 259 g/mol. The lowest BCUT2D eigenvalue weighted by molar-refractivity contribution is -0.00309. The predicted octanol–water partition coefficient (Wildman–Crippen LogP) is 0.896. The molecule has 6 nitrogen and oxygen atoms in total. The Morgan fingerprint density at radius 3 is 3.12 bits per heavy atom. The van der Waals surface area contributed by atoms with Crippen molar-refractivity contribution in [1.29, 1.82) is 0 Å². The van der Waals surface area contributed by atoms with Crippen molar-refractivity contribution in [2.45, 2.75) is 19.4 Å². The van der Waals surface area contributed by atoms with Crippen LogP contribution in [0, 0.1) is 0 Å². The number of ether oxygens (including phenoxy) is 1. The summed E-state index contributed by atoms with van der Waals surface area (Å²) < 4.78 is 5.35. The van der Waals surface area contributed by atoms with Gasteiger partial charge in [-0.05, 0) is 6.42 Å². The third kappa shape index (κ3) is 2.23. The molecule has 94 valence electrons. The summed E-state index contributed by atoms with van der Waals surface area (Å²) in [6.45, 7) is 3.68. The number of rotatable bonds is 2. The number of hydrogen-bond acceptors (Lipinski definition) is 4. The Morgan fingerprint density at radius 1 is 1.76 bits per heavy atom.